The SMILES string of the molecule is CNc1cc(-n2ccnc2C)nc(C(F)(F)F)n1. The van der Waals surface area contributed by atoms with Crippen LogP contribution in [0.1, 0.15) is 11.6 Å². The molecule has 0 saturated carbocycles. The summed E-state index contributed by atoms with van der Waals surface area (Å²) in [4.78, 5) is 10.8. The van der Waals surface area contributed by atoms with Gasteiger partial charge in [0.15, 0.2) is 0 Å². The molecule has 1 N–H and O–H groups in total. The van der Waals surface area contributed by atoms with Crippen LogP contribution in [0.2, 0.25) is 0 Å². The van der Waals surface area contributed by atoms with Crippen molar-refractivity contribution in [2.75, 3.05) is 12.4 Å². The van der Waals surface area contributed by atoms with E-state index in [9.17, 15) is 13.2 Å². The van der Waals surface area contributed by atoms with Crippen molar-refractivity contribution in [3.05, 3.63) is 30.1 Å². The summed E-state index contributed by atoms with van der Waals surface area (Å²) >= 11 is 0. The van der Waals surface area contributed by atoms with Crippen molar-refractivity contribution in [2.24, 2.45) is 0 Å². The number of aromatic nitrogens is 4. The summed E-state index contributed by atoms with van der Waals surface area (Å²) in [6, 6.07) is 1.42. The van der Waals surface area contributed by atoms with Crippen LogP contribution in [0, 0.1) is 6.92 Å². The Morgan fingerprint density at radius 2 is 2.00 bits per heavy atom. The molecule has 0 bridgehead atoms. The van der Waals surface area contributed by atoms with Gasteiger partial charge in [0.2, 0.25) is 5.82 Å². The van der Waals surface area contributed by atoms with Crippen molar-refractivity contribution in [3.8, 4) is 5.82 Å². The summed E-state index contributed by atoms with van der Waals surface area (Å²) < 4.78 is 39.4. The van der Waals surface area contributed by atoms with Crippen LogP contribution in [-0.2, 0) is 6.18 Å². The van der Waals surface area contributed by atoms with E-state index in [1.807, 2.05) is 0 Å². The number of halogens is 3. The van der Waals surface area contributed by atoms with E-state index in [1.54, 1.807) is 6.92 Å². The number of anilines is 1. The molecule has 0 unspecified atom stereocenters. The molecule has 0 atom stereocenters. The van der Waals surface area contributed by atoms with Crippen LogP contribution in [0.4, 0.5) is 19.0 Å². The van der Waals surface area contributed by atoms with E-state index in [0.717, 1.165) is 0 Å². The maximum absolute atomic E-state index is 12.6. The van der Waals surface area contributed by atoms with Crippen LogP contribution in [0.15, 0.2) is 18.5 Å². The molecule has 0 radical (unpaired) electrons. The lowest BCUT2D eigenvalue weighted by molar-refractivity contribution is -0.144. The third kappa shape index (κ3) is 2.27. The van der Waals surface area contributed by atoms with Gasteiger partial charge in [0, 0.05) is 25.5 Å². The molecule has 18 heavy (non-hydrogen) atoms. The van der Waals surface area contributed by atoms with Crippen LogP contribution in [0.25, 0.3) is 5.82 Å². The molecule has 0 fully saturated rings. The summed E-state index contributed by atoms with van der Waals surface area (Å²) in [5.41, 5.74) is 0. The fourth-order valence-corrected chi connectivity index (χ4v) is 1.43. The first-order chi connectivity index (χ1) is 8.41. The van der Waals surface area contributed by atoms with E-state index in [2.05, 4.69) is 20.3 Å². The Labute approximate surface area is 101 Å². The quantitative estimate of drug-likeness (QED) is 0.894. The molecule has 0 amide bonds. The zero-order chi connectivity index (χ0) is 13.3. The number of nitrogens with one attached hydrogen (secondary N) is 1. The first-order valence-corrected chi connectivity index (χ1v) is 5.06. The molecule has 0 aromatic carbocycles. The van der Waals surface area contributed by atoms with Gasteiger partial charge >= 0.3 is 6.18 Å². The third-order valence-corrected chi connectivity index (χ3v) is 2.29. The van der Waals surface area contributed by atoms with Gasteiger partial charge in [0.25, 0.3) is 0 Å². The Hall–Kier alpha value is -2.12. The number of nitrogens with zero attached hydrogens (tertiary/aromatic N) is 4. The Balaban J connectivity index is 2.58. The number of imidazole rings is 1. The molecule has 2 aromatic heterocycles. The Kier molecular flexibility index (Phi) is 2.93. The minimum atomic E-state index is -4.59. The van der Waals surface area contributed by atoms with Gasteiger partial charge in [-0.2, -0.15) is 13.2 Å². The molecule has 0 spiro atoms. The lowest BCUT2D eigenvalue weighted by Gasteiger charge is -2.11. The second-order valence-corrected chi connectivity index (χ2v) is 3.53. The zero-order valence-electron chi connectivity index (χ0n) is 9.65. The van der Waals surface area contributed by atoms with Crippen LogP contribution >= 0.6 is 0 Å². The Morgan fingerprint density at radius 3 is 2.50 bits per heavy atom. The van der Waals surface area contributed by atoms with Gasteiger partial charge in [0.1, 0.15) is 17.5 Å². The van der Waals surface area contributed by atoms with E-state index in [0.29, 0.717) is 5.82 Å². The van der Waals surface area contributed by atoms with Crippen molar-refractivity contribution < 1.29 is 13.2 Å². The summed E-state index contributed by atoms with van der Waals surface area (Å²) in [7, 11) is 1.49. The van der Waals surface area contributed by atoms with Crippen molar-refractivity contribution in [3.63, 3.8) is 0 Å². The third-order valence-electron chi connectivity index (χ3n) is 2.29. The van der Waals surface area contributed by atoms with E-state index >= 15 is 0 Å². The van der Waals surface area contributed by atoms with Crippen molar-refractivity contribution in [1.29, 1.82) is 0 Å². The van der Waals surface area contributed by atoms with Crippen LogP contribution in [0.3, 0.4) is 0 Å². The maximum atomic E-state index is 12.6. The van der Waals surface area contributed by atoms with Gasteiger partial charge in [-0.15, -0.1) is 0 Å². The molecule has 2 rings (SSSR count). The number of hydrogen-bond acceptors (Lipinski definition) is 4. The Morgan fingerprint density at radius 1 is 1.28 bits per heavy atom. The standard InChI is InChI=1S/C10H10F3N5/c1-6-15-3-4-18(6)8-5-7(14-2)16-9(17-8)10(11,12)13/h3-5H,1-2H3,(H,14,16,17). The number of alkyl halides is 3. The van der Waals surface area contributed by atoms with E-state index in [4.69, 9.17) is 0 Å². The van der Waals surface area contributed by atoms with Crippen LogP contribution < -0.4 is 5.32 Å². The van der Waals surface area contributed by atoms with Gasteiger partial charge in [-0.25, -0.2) is 15.0 Å². The van der Waals surface area contributed by atoms with Crippen LogP contribution in [-0.4, -0.2) is 26.6 Å². The van der Waals surface area contributed by atoms with E-state index < -0.39 is 12.0 Å². The summed E-state index contributed by atoms with van der Waals surface area (Å²) in [6.07, 6.45) is -1.56. The molecular weight excluding hydrogens is 247 g/mol. The second-order valence-electron chi connectivity index (χ2n) is 3.53. The topological polar surface area (TPSA) is 55.6 Å². The van der Waals surface area contributed by atoms with Gasteiger partial charge in [-0.1, -0.05) is 0 Å². The highest BCUT2D eigenvalue weighted by Gasteiger charge is 2.35. The molecule has 2 heterocycles. The summed E-state index contributed by atoms with van der Waals surface area (Å²) in [5.74, 6) is -0.418. The fraction of sp³-hybridized carbons (Fsp3) is 0.300. The average molecular weight is 257 g/mol. The first-order valence-electron chi connectivity index (χ1n) is 5.06. The molecule has 0 aliphatic rings. The molecule has 0 saturated heterocycles. The highest BCUT2D eigenvalue weighted by Crippen LogP contribution is 2.28. The van der Waals surface area contributed by atoms with Crippen LogP contribution in [0.5, 0.6) is 0 Å². The molecular formula is C10H10F3N5. The highest BCUT2D eigenvalue weighted by atomic mass is 19.4. The number of aryl methyl sites for hydroxylation is 1. The van der Waals surface area contributed by atoms with Gasteiger partial charge in [-0.05, 0) is 6.92 Å². The summed E-state index contributed by atoms with van der Waals surface area (Å²) in [6.45, 7) is 1.68. The zero-order valence-corrected chi connectivity index (χ0v) is 9.65. The lowest BCUT2D eigenvalue weighted by Crippen LogP contribution is -2.15. The minimum absolute atomic E-state index is 0.0976. The highest BCUT2D eigenvalue weighted by molar-refractivity contribution is 5.42. The lowest BCUT2D eigenvalue weighted by atomic mass is 10.4. The maximum Gasteiger partial charge on any atom is 0.451 e. The Bertz CT molecular complexity index is 561. The van der Waals surface area contributed by atoms with Gasteiger partial charge in [-0.3, -0.25) is 4.57 Å². The van der Waals surface area contributed by atoms with E-state index in [1.165, 1.54) is 30.1 Å². The predicted molar refractivity (Wildman–Crippen MR) is 58.4 cm³/mol. The molecule has 8 heteroatoms. The monoisotopic (exact) mass is 257 g/mol. The second kappa shape index (κ2) is 4.28. The first kappa shape index (κ1) is 12.3. The van der Waals surface area contributed by atoms with Gasteiger partial charge in [0.05, 0.1) is 0 Å². The average Bonchev–Trinajstić information content (AvgIpc) is 2.73. The van der Waals surface area contributed by atoms with E-state index in [-0.39, 0.29) is 11.6 Å². The fourth-order valence-electron chi connectivity index (χ4n) is 1.43. The van der Waals surface area contributed by atoms with Crippen molar-refractivity contribution in [1.82, 2.24) is 19.5 Å². The van der Waals surface area contributed by atoms with Crippen molar-refractivity contribution >= 4 is 5.82 Å². The van der Waals surface area contributed by atoms with Gasteiger partial charge < -0.3 is 5.32 Å². The number of rotatable bonds is 2. The smallest absolute Gasteiger partial charge is 0.373 e. The molecule has 96 valence electrons. The summed E-state index contributed by atoms with van der Waals surface area (Å²) in [5, 5.41) is 2.58. The molecule has 5 nitrogen and oxygen atoms in total. The minimum Gasteiger partial charge on any atom is -0.373 e. The van der Waals surface area contributed by atoms with Crippen molar-refractivity contribution in [2.45, 2.75) is 13.1 Å². The largest absolute Gasteiger partial charge is 0.451 e. The predicted octanol–water partition coefficient (Wildman–Crippen LogP) is 2.03. The molecule has 0 aliphatic carbocycles. The molecule has 0 aliphatic heterocycles. The molecule has 2 aromatic rings. The number of hydrogen-bond donors (Lipinski definition) is 1. The normalized spacial score (nSPS) is 11.6.